The van der Waals surface area contributed by atoms with Gasteiger partial charge < -0.3 is 0 Å². The monoisotopic (exact) mass is 500 g/mol. The molecule has 36 heavy (non-hydrogen) atoms. The van der Waals surface area contributed by atoms with Crippen LogP contribution in [0.2, 0.25) is 5.02 Å². The van der Waals surface area contributed by atoms with Gasteiger partial charge >= 0.3 is 0 Å². The molecule has 1 spiro atoms. The van der Waals surface area contributed by atoms with Crippen LogP contribution in [0.5, 0.6) is 0 Å². The Morgan fingerprint density at radius 1 is 0.972 bits per heavy atom. The second-order valence-electron chi connectivity index (χ2n) is 10.7. The van der Waals surface area contributed by atoms with E-state index in [2.05, 4.69) is 34.8 Å². The molecule has 0 bridgehead atoms. The molecular formula is C30H33ClN4O. The molecule has 2 aromatic carbocycles. The highest BCUT2D eigenvalue weighted by molar-refractivity contribution is 6.30. The summed E-state index contributed by atoms with van der Waals surface area (Å²) in [4.78, 5) is 19.7. The molecule has 1 heterocycles. The molecule has 0 radical (unpaired) electrons. The first kappa shape index (κ1) is 23.5. The summed E-state index contributed by atoms with van der Waals surface area (Å²) in [6.45, 7) is 0. The second-order valence-corrected chi connectivity index (χ2v) is 11.2. The van der Waals surface area contributed by atoms with Crippen LogP contribution in [-0.2, 0) is 11.8 Å². The van der Waals surface area contributed by atoms with Crippen LogP contribution in [0.4, 0.5) is 5.95 Å². The fourth-order valence-electron chi connectivity index (χ4n) is 6.69. The molecule has 0 amide bonds. The average Bonchev–Trinajstić information content (AvgIpc) is 2.91. The highest BCUT2D eigenvalue weighted by Crippen LogP contribution is 2.49. The van der Waals surface area contributed by atoms with Crippen molar-refractivity contribution in [3.63, 3.8) is 0 Å². The lowest BCUT2D eigenvalue weighted by Gasteiger charge is -2.42. The zero-order chi connectivity index (χ0) is 24.5. The van der Waals surface area contributed by atoms with E-state index in [1.54, 1.807) is 6.21 Å². The summed E-state index contributed by atoms with van der Waals surface area (Å²) < 4.78 is 1.96. The van der Waals surface area contributed by atoms with E-state index >= 15 is 0 Å². The lowest BCUT2D eigenvalue weighted by Crippen LogP contribution is -2.44. The van der Waals surface area contributed by atoms with Gasteiger partial charge in [-0.05, 0) is 55.4 Å². The van der Waals surface area contributed by atoms with E-state index < -0.39 is 0 Å². The number of aromatic nitrogens is 2. The predicted octanol–water partition coefficient (Wildman–Crippen LogP) is 7.27. The van der Waals surface area contributed by atoms with Gasteiger partial charge in [-0.1, -0.05) is 86.5 Å². The van der Waals surface area contributed by atoms with Crippen molar-refractivity contribution in [1.82, 2.24) is 9.55 Å². The number of hydrogen-bond acceptors (Lipinski definition) is 4. The van der Waals surface area contributed by atoms with Crippen LogP contribution in [0, 0.1) is 0 Å². The van der Waals surface area contributed by atoms with Crippen molar-refractivity contribution in [3.8, 4) is 11.3 Å². The van der Waals surface area contributed by atoms with Crippen molar-refractivity contribution in [3.05, 3.63) is 80.6 Å². The van der Waals surface area contributed by atoms with E-state index in [9.17, 15) is 4.79 Å². The number of rotatable bonds is 4. The van der Waals surface area contributed by atoms with Gasteiger partial charge in [0.1, 0.15) is 0 Å². The third-order valence-electron chi connectivity index (χ3n) is 8.45. The van der Waals surface area contributed by atoms with Gasteiger partial charge in [-0.2, -0.15) is 5.10 Å². The Morgan fingerprint density at radius 3 is 2.47 bits per heavy atom. The molecule has 0 atom stereocenters. The van der Waals surface area contributed by atoms with Gasteiger partial charge in [-0.25, -0.2) is 10.4 Å². The summed E-state index contributed by atoms with van der Waals surface area (Å²) in [7, 11) is 0. The highest BCUT2D eigenvalue weighted by atomic mass is 35.5. The van der Waals surface area contributed by atoms with Crippen molar-refractivity contribution in [2.75, 3.05) is 5.43 Å². The minimum Gasteiger partial charge on any atom is -0.274 e. The summed E-state index contributed by atoms with van der Waals surface area (Å²) in [5, 5.41) is 5.20. The molecule has 5 nitrogen and oxygen atoms in total. The molecule has 6 rings (SSSR count). The Kier molecular flexibility index (Phi) is 6.43. The summed E-state index contributed by atoms with van der Waals surface area (Å²) in [5.41, 5.74) is 8.38. The number of halogens is 1. The number of nitrogens with zero attached hydrogens (tertiary/aromatic N) is 3. The van der Waals surface area contributed by atoms with Gasteiger partial charge in [-0.3, -0.25) is 9.36 Å². The first-order valence-electron chi connectivity index (χ1n) is 13.4. The summed E-state index contributed by atoms with van der Waals surface area (Å²) >= 11 is 6.03. The van der Waals surface area contributed by atoms with E-state index in [1.807, 2.05) is 28.8 Å². The Morgan fingerprint density at radius 2 is 1.69 bits per heavy atom. The fourth-order valence-corrected chi connectivity index (χ4v) is 6.82. The summed E-state index contributed by atoms with van der Waals surface area (Å²) in [5.74, 6) is 0.554. The van der Waals surface area contributed by atoms with Gasteiger partial charge in [0, 0.05) is 22.0 Å². The molecule has 186 valence electrons. The molecule has 0 saturated heterocycles. The predicted molar refractivity (Wildman–Crippen MR) is 147 cm³/mol. The van der Waals surface area contributed by atoms with E-state index in [4.69, 9.17) is 16.6 Å². The number of hydrogen-bond donors (Lipinski definition) is 1. The second kappa shape index (κ2) is 9.85. The smallest absolute Gasteiger partial charge is 0.259 e. The van der Waals surface area contributed by atoms with E-state index in [-0.39, 0.29) is 17.0 Å². The molecular weight excluding hydrogens is 468 g/mol. The average molecular weight is 501 g/mol. The van der Waals surface area contributed by atoms with Gasteiger partial charge in [0.15, 0.2) is 0 Å². The minimum atomic E-state index is -0.104. The largest absolute Gasteiger partial charge is 0.274 e. The SMILES string of the molecule is O=c1c2c(nc(N/N=C\c3ccc(Cl)cc3)n1C1CCCCC1)-c1ccccc1CC21CCCCC1. The van der Waals surface area contributed by atoms with Crippen molar-refractivity contribution >= 4 is 23.8 Å². The van der Waals surface area contributed by atoms with E-state index in [1.165, 1.54) is 31.2 Å². The molecule has 1 N–H and O–H groups in total. The summed E-state index contributed by atoms with van der Waals surface area (Å²) in [6.07, 6.45) is 14.0. The maximum Gasteiger partial charge on any atom is 0.259 e. The third kappa shape index (κ3) is 4.28. The van der Waals surface area contributed by atoms with Gasteiger partial charge in [-0.15, -0.1) is 0 Å². The minimum absolute atomic E-state index is 0.104. The highest BCUT2D eigenvalue weighted by Gasteiger charge is 2.44. The van der Waals surface area contributed by atoms with Gasteiger partial charge in [0.05, 0.1) is 17.5 Å². The Hall–Kier alpha value is -2.92. The van der Waals surface area contributed by atoms with Crippen LogP contribution in [0.3, 0.4) is 0 Å². The molecule has 3 aromatic rings. The summed E-state index contributed by atoms with van der Waals surface area (Å²) in [6, 6.07) is 16.2. The number of benzene rings is 2. The first-order chi connectivity index (χ1) is 17.6. The number of fused-ring (bicyclic) bond motifs is 4. The molecule has 1 aromatic heterocycles. The normalized spacial score (nSPS) is 19.2. The van der Waals surface area contributed by atoms with Crippen LogP contribution in [0.25, 0.3) is 11.3 Å². The van der Waals surface area contributed by atoms with Crippen LogP contribution in [-0.4, -0.2) is 15.8 Å². The number of hydrazone groups is 1. The lowest BCUT2D eigenvalue weighted by molar-refractivity contribution is 0.278. The quantitative estimate of drug-likeness (QED) is 0.302. The molecule has 6 heteroatoms. The Balaban J connectivity index is 1.50. The Bertz CT molecular complexity index is 1330. The zero-order valence-corrected chi connectivity index (χ0v) is 21.4. The molecule has 2 saturated carbocycles. The van der Waals surface area contributed by atoms with Crippen LogP contribution < -0.4 is 11.0 Å². The molecule has 2 fully saturated rings. The van der Waals surface area contributed by atoms with Crippen molar-refractivity contribution < 1.29 is 0 Å². The van der Waals surface area contributed by atoms with Crippen molar-refractivity contribution in [2.45, 2.75) is 82.1 Å². The number of nitrogens with one attached hydrogen (secondary N) is 1. The molecule has 0 unspecified atom stereocenters. The third-order valence-corrected chi connectivity index (χ3v) is 8.70. The van der Waals surface area contributed by atoms with E-state index in [0.29, 0.717) is 11.0 Å². The zero-order valence-electron chi connectivity index (χ0n) is 20.7. The molecule has 0 aliphatic heterocycles. The number of anilines is 1. The lowest BCUT2D eigenvalue weighted by atomic mass is 9.62. The maximum atomic E-state index is 14.5. The molecule has 3 aliphatic carbocycles. The van der Waals surface area contributed by atoms with E-state index in [0.717, 1.165) is 67.3 Å². The van der Waals surface area contributed by atoms with Crippen LogP contribution in [0.15, 0.2) is 58.4 Å². The standard InChI is InChI=1S/C30H33ClN4O/c31-23-15-13-21(14-16-23)20-32-34-29-33-27-25-12-6-5-9-22(25)19-30(17-7-2-8-18-30)26(27)28(36)35(29)24-10-3-1-4-11-24/h5-6,9,12-16,20,24H,1-4,7-8,10-11,17-19H2,(H,33,34)/b32-20-. The van der Waals surface area contributed by atoms with Gasteiger partial charge in [0.25, 0.3) is 5.56 Å². The van der Waals surface area contributed by atoms with Crippen LogP contribution >= 0.6 is 11.6 Å². The first-order valence-corrected chi connectivity index (χ1v) is 13.8. The van der Waals surface area contributed by atoms with Crippen molar-refractivity contribution in [2.24, 2.45) is 5.10 Å². The van der Waals surface area contributed by atoms with Crippen molar-refractivity contribution in [1.29, 1.82) is 0 Å². The Labute approximate surface area is 217 Å². The molecule has 3 aliphatic rings. The fraction of sp³-hybridized carbons (Fsp3) is 0.433. The topological polar surface area (TPSA) is 59.3 Å². The van der Waals surface area contributed by atoms with Crippen LogP contribution in [0.1, 0.15) is 86.9 Å². The maximum absolute atomic E-state index is 14.5. The van der Waals surface area contributed by atoms with Gasteiger partial charge in [0.2, 0.25) is 5.95 Å².